The molecule has 1 unspecified atom stereocenters. The van der Waals surface area contributed by atoms with E-state index in [9.17, 15) is 0 Å². The summed E-state index contributed by atoms with van der Waals surface area (Å²) in [5.74, 6) is 0. The van der Waals surface area contributed by atoms with Gasteiger partial charge in [0.1, 0.15) is 0 Å². The van der Waals surface area contributed by atoms with E-state index in [1.165, 1.54) is 6.21 Å². The van der Waals surface area contributed by atoms with Gasteiger partial charge in [-0.2, -0.15) is 0 Å². The normalized spacial score (nSPS) is 13.4. The van der Waals surface area contributed by atoms with Gasteiger partial charge in [0.25, 0.3) is 0 Å². The maximum atomic E-state index is 8.54. The average Bonchev–Trinajstić information content (AvgIpc) is 2.29. The van der Waals surface area contributed by atoms with Crippen molar-refractivity contribution in [1.82, 2.24) is 0 Å². The van der Waals surface area contributed by atoms with Crippen molar-refractivity contribution in [3.63, 3.8) is 0 Å². The van der Waals surface area contributed by atoms with Crippen molar-refractivity contribution < 1.29 is 10.0 Å². The zero-order valence-electron chi connectivity index (χ0n) is 8.88. The molecule has 0 spiro atoms. The highest BCUT2D eigenvalue weighted by atomic mass is 79.9. The van der Waals surface area contributed by atoms with Gasteiger partial charge in [-0.05, 0) is 18.6 Å². The molecule has 4 nitrogen and oxygen atoms in total. The molecule has 1 rings (SSSR count). The lowest BCUT2D eigenvalue weighted by Crippen LogP contribution is -2.02. The predicted molar refractivity (Wildman–Crippen MR) is 67.0 cm³/mol. The van der Waals surface area contributed by atoms with Crippen LogP contribution in [0.3, 0.4) is 0 Å². The molecule has 0 bridgehead atoms. The van der Waals surface area contributed by atoms with Crippen molar-refractivity contribution in [2.75, 3.05) is 0 Å². The Morgan fingerprint density at radius 3 is 2.69 bits per heavy atom. The minimum atomic E-state index is -0.471. The largest absolute Gasteiger partial charge is 0.411 e. The van der Waals surface area contributed by atoms with Gasteiger partial charge < -0.3 is 10.0 Å². The van der Waals surface area contributed by atoms with Gasteiger partial charge in [0.05, 0.1) is 6.21 Å². The standard InChI is InChI=1S/C11H13BrN2O2/c1-2-7-14-16-11(8-13-15)9-3-5-10(12)6-4-9/h3-8,11,15H,2H2,1H3. The molecule has 0 radical (unpaired) electrons. The van der Waals surface area contributed by atoms with Crippen LogP contribution in [-0.4, -0.2) is 17.6 Å². The summed E-state index contributed by atoms with van der Waals surface area (Å²) in [6, 6.07) is 7.52. The summed E-state index contributed by atoms with van der Waals surface area (Å²) >= 11 is 3.34. The third kappa shape index (κ3) is 4.02. The molecule has 1 atom stereocenters. The van der Waals surface area contributed by atoms with Gasteiger partial charge in [0, 0.05) is 16.3 Å². The van der Waals surface area contributed by atoms with E-state index in [1.807, 2.05) is 31.2 Å². The van der Waals surface area contributed by atoms with Gasteiger partial charge in [0.15, 0.2) is 6.10 Å². The van der Waals surface area contributed by atoms with Crippen LogP contribution in [0.2, 0.25) is 0 Å². The first-order valence-electron chi connectivity index (χ1n) is 4.88. The summed E-state index contributed by atoms with van der Waals surface area (Å²) in [6.45, 7) is 1.96. The Morgan fingerprint density at radius 2 is 2.12 bits per heavy atom. The van der Waals surface area contributed by atoms with Gasteiger partial charge in [-0.1, -0.05) is 45.3 Å². The number of benzene rings is 1. The first-order valence-corrected chi connectivity index (χ1v) is 5.68. The van der Waals surface area contributed by atoms with Crippen LogP contribution in [0.15, 0.2) is 39.0 Å². The third-order valence-corrected chi connectivity index (χ3v) is 2.36. The lowest BCUT2D eigenvalue weighted by atomic mass is 10.1. The number of hydrogen-bond donors (Lipinski definition) is 1. The summed E-state index contributed by atoms with van der Waals surface area (Å²) in [6.07, 6.45) is 3.26. The molecule has 0 aromatic heterocycles. The van der Waals surface area contributed by atoms with E-state index in [4.69, 9.17) is 10.0 Å². The lowest BCUT2D eigenvalue weighted by Gasteiger charge is -2.09. The van der Waals surface area contributed by atoms with Crippen LogP contribution in [0.5, 0.6) is 0 Å². The van der Waals surface area contributed by atoms with Crippen LogP contribution < -0.4 is 0 Å². The van der Waals surface area contributed by atoms with Crippen LogP contribution >= 0.6 is 15.9 Å². The minimum absolute atomic E-state index is 0.471. The molecule has 0 amide bonds. The van der Waals surface area contributed by atoms with E-state index in [-0.39, 0.29) is 0 Å². The van der Waals surface area contributed by atoms with Crippen LogP contribution in [0.1, 0.15) is 25.0 Å². The zero-order valence-corrected chi connectivity index (χ0v) is 10.5. The highest BCUT2D eigenvalue weighted by Gasteiger charge is 2.09. The summed E-state index contributed by atoms with van der Waals surface area (Å²) in [7, 11) is 0. The lowest BCUT2D eigenvalue weighted by molar-refractivity contribution is 0.108. The Labute approximate surface area is 103 Å². The maximum Gasteiger partial charge on any atom is 0.190 e. The molecular weight excluding hydrogens is 272 g/mol. The smallest absolute Gasteiger partial charge is 0.190 e. The summed E-state index contributed by atoms with van der Waals surface area (Å²) < 4.78 is 0.980. The Kier molecular flexibility index (Phi) is 5.56. The molecule has 0 aliphatic rings. The van der Waals surface area contributed by atoms with Crippen molar-refractivity contribution in [2.24, 2.45) is 10.3 Å². The Bertz CT molecular complexity index is 363. The fourth-order valence-corrected chi connectivity index (χ4v) is 1.33. The summed E-state index contributed by atoms with van der Waals surface area (Å²) in [4.78, 5) is 5.19. The summed E-state index contributed by atoms with van der Waals surface area (Å²) in [5, 5.41) is 15.3. The van der Waals surface area contributed by atoms with E-state index in [2.05, 4.69) is 26.2 Å². The van der Waals surface area contributed by atoms with Crippen molar-refractivity contribution in [1.29, 1.82) is 0 Å². The van der Waals surface area contributed by atoms with Crippen molar-refractivity contribution >= 4 is 28.4 Å². The molecule has 1 N–H and O–H groups in total. The molecule has 0 saturated heterocycles. The first-order chi connectivity index (χ1) is 7.77. The molecule has 0 aliphatic carbocycles. The minimum Gasteiger partial charge on any atom is -0.411 e. The Balaban J connectivity index is 2.76. The first kappa shape index (κ1) is 12.7. The summed E-state index contributed by atoms with van der Waals surface area (Å²) in [5.41, 5.74) is 0.870. The Hall–Kier alpha value is -1.36. The molecule has 0 heterocycles. The molecule has 0 saturated carbocycles. The molecule has 1 aromatic carbocycles. The second-order valence-electron chi connectivity index (χ2n) is 3.04. The van der Waals surface area contributed by atoms with Crippen LogP contribution in [-0.2, 0) is 4.84 Å². The van der Waals surface area contributed by atoms with Crippen LogP contribution in [0.4, 0.5) is 0 Å². The molecule has 1 aromatic rings. The fraction of sp³-hybridized carbons (Fsp3) is 0.273. The Morgan fingerprint density at radius 1 is 1.44 bits per heavy atom. The SMILES string of the molecule is CCC=NOC(C=NO)c1ccc(Br)cc1. The number of nitrogens with zero attached hydrogens (tertiary/aromatic N) is 2. The third-order valence-electron chi connectivity index (χ3n) is 1.83. The molecule has 16 heavy (non-hydrogen) atoms. The van der Waals surface area contributed by atoms with Gasteiger partial charge in [0.2, 0.25) is 0 Å². The van der Waals surface area contributed by atoms with E-state index in [0.29, 0.717) is 0 Å². The van der Waals surface area contributed by atoms with Crippen molar-refractivity contribution in [2.45, 2.75) is 19.4 Å². The number of oxime groups is 2. The second-order valence-corrected chi connectivity index (χ2v) is 3.95. The van der Waals surface area contributed by atoms with E-state index >= 15 is 0 Å². The fourth-order valence-electron chi connectivity index (χ4n) is 1.07. The monoisotopic (exact) mass is 284 g/mol. The highest BCUT2D eigenvalue weighted by Crippen LogP contribution is 2.18. The predicted octanol–water partition coefficient (Wildman–Crippen LogP) is 3.36. The van der Waals surface area contributed by atoms with Crippen LogP contribution in [0.25, 0.3) is 0 Å². The van der Waals surface area contributed by atoms with Crippen LogP contribution in [0, 0.1) is 0 Å². The number of hydrogen-bond acceptors (Lipinski definition) is 4. The molecule has 86 valence electrons. The van der Waals surface area contributed by atoms with E-state index in [0.717, 1.165) is 16.5 Å². The topological polar surface area (TPSA) is 54.2 Å². The van der Waals surface area contributed by atoms with Gasteiger partial charge in [-0.25, -0.2) is 0 Å². The van der Waals surface area contributed by atoms with Gasteiger partial charge >= 0.3 is 0 Å². The van der Waals surface area contributed by atoms with Gasteiger partial charge in [-0.3, -0.25) is 0 Å². The van der Waals surface area contributed by atoms with E-state index in [1.54, 1.807) is 6.21 Å². The van der Waals surface area contributed by atoms with Crippen molar-refractivity contribution in [3.8, 4) is 0 Å². The molecule has 5 heteroatoms. The molecule has 0 fully saturated rings. The van der Waals surface area contributed by atoms with E-state index < -0.39 is 6.10 Å². The molecular formula is C11H13BrN2O2. The molecule has 0 aliphatic heterocycles. The maximum absolute atomic E-state index is 8.54. The number of halogens is 1. The number of rotatable bonds is 5. The van der Waals surface area contributed by atoms with Gasteiger partial charge in [-0.15, -0.1) is 0 Å². The van der Waals surface area contributed by atoms with Crippen molar-refractivity contribution in [3.05, 3.63) is 34.3 Å². The zero-order chi connectivity index (χ0) is 11.8. The quantitative estimate of drug-likeness (QED) is 0.512. The average molecular weight is 285 g/mol. The second kappa shape index (κ2) is 7.00. The highest BCUT2D eigenvalue weighted by molar-refractivity contribution is 9.10.